The maximum atomic E-state index is 12.3. The zero-order valence-corrected chi connectivity index (χ0v) is 13.6. The van der Waals surface area contributed by atoms with Crippen LogP contribution in [0.3, 0.4) is 0 Å². The molecule has 0 unspecified atom stereocenters. The Labute approximate surface area is 127 Å². The maximum Gasteiger partial charge on any atom is 0.191 e. The first-order valence-electron chi connectivity index (χ1n) is 6.55. The number of nitrogens with one attached hydrogen (secondary N) is 1. The number of hydrogen-bond acceptors (Lipinski definition) is 5. The zero-order valence-electron chi connectivity index (χ0n) is 12.8. The fraction of sp³-hybridized carbons (Fsp3) is 0.429. The van der Waals surface area contributed by atoms with E-state index in [0.717, 1.165) is 17.1 Å². The second-order valence-corrected chi connectivity index (χ2v) is 5.92. The number of ketones is 2. The summed E-state index contributed by atoms with van der Waals surface area (Å²) in [6.07, 6.45) is 0. The van der Waals surface area contributed by atoms with Gasteiger partial charge in [-0.1, -0.05) is 11.8 Å². The average molecular weight is 306 g/mol. The molecular formula is C14H18N4O2S. The number of hydrogen-bond donors (Lipinski definition) is 1. The molecule has 0 aliphatic heterocycles. The van der Waals surface area contributed by atoms with Crippen LogP contribution in [-0.4, -0.2) is 37.1 Å². The van der Waals surface area contributed by atoms with Crippen molar-refractivity contribution in [2.45, 2.75) is 32.9 Å². The Morgan fingerprint density at radius 3 is 2.38 bits per heavy atom. The molecule has 0 bridgehead atoms. The Balaban J connectivity index is 2.16. The van der Waals surface area contributed by atoms with E-state index < -0.39 is 0 Å². The second kappa shape index (κ2) is 5.85. The molecule has 0 radical (unpaired) electrons. The minimum Gasteiger partial charge on any atom is -0.355 e. The first-order chi connectivity index (χ1) is 9.82. The van der Waals surface area contributed by atoms with E-state index in [1.54, 1.807) is 13.8 Å². The molecule has 6 nitrogen and oxygen atoms in total. The van der Waals surface area contributed by atoms with Crippen LogP contribution in [0.4, 0.5) is 0 Å². The van der Waals surface area contributed by atoms with E-state index in [1.165, 1.54) is 18.7 Å². The first kappa shape index (κ1) is 15.5. The van der Waals surface area contributed by atoms with E-state index in [2.05, 4.69) is 15.2 Å². The van der Waals surface area contributed by atoms with Crippen molar-refractivity contribution in [1.82, 2.24) is 19.7 Å². The van der Waals surface area contributed by atoms with Gasteiger partial charge in [0.1, 0.15) is 5.82 Å². The Morgan fingerprint density at radius 1 is 1.24 bits per heavy atom. The van der Waals surface area contributed by atoms with Gasteiger partial charge in [0.15, 0.2) is 16.7 Å². The molecule has 0 fully saturated rings. The molecule has 2 heterocycles. The molecule has 0 aliphatic rings. The molecule has 0 saturated carbocycles. The molecule has 0 atom stereocenters. The molecule has 2 aromatic rings. The second-order valence-electron chi connectivity index (χ2n) is 4.98. The fourth-order valence-electron chi connectivity index (χ4n) is 2.27. The summed E-state index contributed by atoms with van der Waals surface area (Å²) < 4.78 is 1.84. The summed E-state index contributed by atoms with van der Waals surface area (Å²) in [6.45, 7) is 6.97. The molecule has 0 spiro atoms. The fourth-order valence-corrected chi connectivity index (χ4v) is 3.10. The maximum absolute atomic E-state index is 12.3. The molecule has 21 heavy (non-hydrogen) atoms. The normalized spacial score (nSPS) is 10.9. The number of aromatic nitrogens is 4. The third-order valence-electron chi connectivity index (χ3n) is 3.45. The van der Waals surface area contributed by atoms with E-state index in [-0.39, 0.29) is 17.3 Å². The van der Waals surface area contributed by atoms with Crippen LogP contribution in [0.1, 0.15) is 44.9 Å². The highest BCUT2D eigenvalue weighted by atomic mass is 32.2. The first-order valence-corrected chi connectivity index (χ1v) is 7.53. The monoisotopic (exact) mass is 306 g/mol. The quantitative estimate of drug-likeness (QED) is 0.677. The number of thioether (sulfide) groups is 1. The van der Waals surface area contributed by atoms with E-state index in [9.17, 15) is 9.59 Å². The number of H-pyrrole nitrogens is 1. The summed E-state index contributed by atoms with van der Waals surface area (Å²) in [7, 11) is 1.86. The summed E-state index contributed by atoms with van der Waals surface area (Å²) in [6, 6.07) is 0. The van der Waals surface area contributed by atoms with Gasteiger partial charge < -0.3 is 9.55 Å². The van der Waals surface area contributed by atoms with Gasteiger partial charge in [0.05, 0.1) is 11.4 Å². The number of Topliss-reactive ketones (excluding diaryl/α,β-unsaturated/α-hetero) is 2. The predicted molar refractivity (Wildman–Crippen MR) is 81.1 cm³/mol. The lowest BCUT2D eigenvalue weighted by Crippen LogP contribution is -2.06. The van der Waals surface area contributed by atoms with Gasteiger partial charge in [-0.3, -0.25) is 9.59 Å². The van der Waals surface area contributed by atoms with Gasteiger partial charge in [-0.15, -0.1) is 10.2 Å². The SMILES string of the molecule is CC(=O)c1c(C)[nH]c(C(=O)CSc2nnc(C)n2C)c1C. The van der Waals surface area contributed by atoms with Crippen LogP contribution in [0.15, 0.2) is 5.16 Å². The largest absolute Gasteiger partial charge is 0.355 e. The van der Waals surface area contributed by atoms with Crippen LogP contribution in [0.2, 0.25) is 0 Å². The zero-order chi connectivity index (χ0) is 15.7. The van der Waals surface area contributed by atoms with Crippen LogP contribution in [0.5, 0.6) is 0 Å². The number of carbonyl (C=O) groups is 2. The lowest BCUT2D eigenvalue weighted by atomic mass is 10.1. The standard InChI is InChI=1S/C14H18N4O2S/c1-7-12(9(3)19)8(2)15-13(7)11(20)6-21-14-17-16-10(4)18(14)5/h15H,6H2,1-5H3. The van der Waals surface area contributed by atoms with Gasteiger partial charge >= 0.3 is 0 Å². The molecule has 2 aromatic heterocycles. The van der Waals surface area contributed by atoms with Gasteiger partial charge in [-0.25, -0.2) is 0 Å². The van der Waals surface area contributed by atoms with Crippen molar-refractivity contribution >= 4 is 23.3 Å². The Kier molecular flexibility index (Phi) is 4.32. The minimum absolute atomic E-state index is 0.0307. The van der Waals surface area contributed by atoms with Crippen molar-refractivity contribution in [2.24, 2.45) is 7.05 Å². The van der Waals surface area contributed by atoms with E-state index in [1.807, 2.05) is 18.5 Å². The van der Waals surface area contributed by atoms with Crippen LogP contribution >= 0.6 is 11.8 Å². The molecule has 0 saturated heterocycles. The van der Waals surface area contributed by atoms with Crippen molar-refractivity contribution in [3.05, 3.63) is 28.3 Å². The topological polar surface area (TPSA) is 80.6 Å². The molecule has 2 rings (SSSR count). The number of carbonyl (C=O) groups excluding carboxylic acids is 2. The lowest BCUT2D eigenvalue weighted by molar-refractivity contribution is 0.101. The highest BCUT2D eigenvalue weighted by Crippen LogP contribution is 2.22. The van der Waals surface area contributed by atoms with Crippen molar-refractivity contribution in [3.8, 4) is 0 Å². The van der Waals surface area contributed by atoms with E-state index in [0.29, 0.717) is 16.4 Å². The van der Waals surface area contributed by atoms with Gasteiger partial charge in [-0.2, -0.15) is 0 Å². The summed E-state index contributed by atoms with van der Waals surface area (Å²) in [5, 5.41) is 8.67. The molecule has 7 heteroatoms. The number of nitrogens with zero attached hydrogens (tertiary/aromatic N) is 3. The van der Waals surface area contributed by atoms with Gasteiger partial charge in [-0.05, 0) is 33.3 Å². The predicted octanol–water partition coefficient (Wildman–Crippen LogP) is 2.25. The molecule has 0 amide bonds. The van der Waals surface area contributed by atoms with Crippen molar-refractivity contribution in [2.75, 3.05) is 5.75 Å². The molecule has 0 aliphatic carbocycles. The van der Waals surface area contributed by atoms with Crippen LogP contribution in [-0.2, 0) is 7.05 Å². The number of rotatable bonds is 5. The van der Waals surface area contributed by atoms with E-state index in [4.69, 9.17) is 0 Å². The average Bonchev–Trinajstić information content (AvgIpc) is 2.88. The van der Waals surface area contributed by atoms with Crippen LogP contribution < -0.4 is 0 Å². The summed E-state index contributed by atoms with van der Waals surface area (Å²) in [5.41, 5.74) is 2.57. The molecule has 0 aromatic carbocycles. The minimum atomic E-state index is -0.0475. The van der Waals surface area contributed by atoms with Crippen molar-refractivity contribution in [3.63, 3.8) is 0 Å². The van der Waals surface area contributed by atoms with Crippen LogP contribution in [0, 0.1) is 20.8 Å². The smallest absolute Gasteiger partial charge is 0.191 e. The van der Waals surface area contributed by atoms with Crippen LogP contribution in [0.25, 0.3) is 0 Å². The Hall–Kier alpha value is -1.89. The molecular weight excluding hydrogens is 288 g/mol. The van der Waals surface area contributed by atoms with Crippen molar-refractivity contribution in [1.29, 1.82) is 0 Å². The van der Waals surface area contributed by atoms with Gasteiger partial charge in [0.25, 0.3) is 0 Å². The number of aryl methyl sites for hydroxylation is 2. The summed E-state index contributed by atoms with van der Waals surface area (Å²) in [4.78, 5) is 26.9. The Morgan fingerprint density at radius 2 is 1.90 bits per heavy atom. The lowest BCUT2D eigenvalue weighted by Gasteiger charge is -2.02. The summed E-state index contributed by atoms with van der Waals surface area (Å²) in [5.74, 6) is 0.978. The number of aromatic amines is 1. The highest BCUT2D eigenvalue weighted by molar-refractivity contribution is 7.99. The Bertz CT molecular complexity index is 715. The van der Waals surface area contributed by atoms with Gasteiger partial charge in [0.2, 0.25) is 0 Å². The summed E-state index contributed by atoms with van der Waals surface area (Å²) >= 11 is 1.34. The van der Waals surface area contributed by atoms with E-state index >= 15 is 0 Å². The molecule has 1 N–H and O–H groups in total. The highest BCUT2D eigenvalue weighted by Gasteiger charge is 2.20. The van der Waals surface area contributed by atoms with Gasteiger partial charge in [0, 0.05) is 18.3 Å². The molecule has 112 valence electrons. The third-order valence-corrected chi connectivity index (χ3v) is 4.47. The van der Waals surface area contributed by atoms with Crippen molar-refractivity contribution < 1.29 is 9.59 Å². The third kappa shape index (κ3) is 2.92.